The van der Waals surface area contributed by atoms with E-state index in [-0.39, 0.29) is 12.1 Å². The van der Waals surface area contributed by atoms with E-state index in [2.05, 4.69) is 20.2 Å². The molecule has 0 saturated heterocycles. The molecule has 0 spiro atoms. The van der Waals surface area contributed by atoms with Crippen LogP contribution in [-0.4, -0.2) is 39.4 Å². The SMILES string of the molecule is Cn1c(CN(c2ccc(F)cc2)S(C)(=O)=O)nnc1SCc1nc2ccccc2c(=O)[nH]1. The van der Waals surface area contributed by atoms with Crippen molar-refractivity contribution in [2.45, 2.75) is 17.5 Å². The highest BCUT2D eigenvalue weighted by Gasteiger charge is 2.21. The van der Waals surface area contributed by atoms with Gasteiger partial charge >= 0.3 is 0 Å². The number of para-hydroxylation sites is 1. The van der Waals surface area contributed by atoms with Gasteiger partial charge in [0, 0.05) is 7.05 Å². The summed E-state index contributed by atoms with van der Waals surface area (Å²) in [5.74, 6) is 0.786. The first kappa shape index (κ1) is 22.0. The van der Waals surface area contributed by atoms with Gasteiger partial charge in [-0.05, 0) is 36.4 Å². The Bertz CT molecular complexity index is 1430. The molecular weight excluding hydrogens is 455 g/mol. The van der Waals surface area contributed by atoms with Gasteiger partial charge in [-0.3, -0.25) is 9.10 Å². The predicted molar refractivity (Wildman–Crippen MR) is 120 cm³/mol. The summed E-state index contributed by atoms with van der Waals surface area (Å²) in [6, 6.07) is 12.3. The largest absolute Gasteiger partial charge is 0.309 e. The molecule has 0 atom stereocenters. The van der Waals surface area contributed by atoms with Gasteiger partial charge in [0.25, 0.3) is 5.56 Å². The summed E-state index contributed by atoms with van der Waals surface area (Å²) in [6.45, 7) is -0.0699. The fourth-order valence-corrected chi connectivity index (χ4v) is 4.74. The lowest BCUT2D eigenvalue weighted by Gasteiger charge is -2.21. The van der Waals surface area contributed by atoms with Gasteiger partial charge in [-0.25, -0.2) is 17.8 Å². The van der Waals surface area contributed by atoms with Crippen LogP contribution in [-0.2, 0) is 29.4 Å². The number of sulfonamides is 1. The van der Waals surface area contributed by atoms with Gasteiger partial charge in [0.05, 0.1) is 35.1 Å². The maximum absolute atomic E-state index is 13.3. The summed E-state index contributed by atoms with van der Waals surface area (Å²) in [5, 5.41) is 9.29. The highest BCUT2D eigenvalue weighted by molar-refractivity contribution is 7.98. The first-order valence-corrected chi connectivity index (χ1v) is 12.3. The van der Waals surface area contributed by atoms with Crippen molar-refractivity contribution in [3.63, 3.8) is 0 Å². The fraction of sp³-hybridized carbons (Fsp3) is 0.200. The van der Waals surface area contributed by atoms with Gasteiger partial charge < -0.3 is 9.55 Å². The minimum absolute atomic E-state index is 0.0699. The molecule has 0 aliphatic rings. The molecule has 0 amide bonds. The molecule has 0 aliphatic carbocycles. The van der Waals surface area contributed by atoms with Crippen LogP contribution in [0.5, 0.6) is 0 Å². The van der Waals surface area contributed by atoms with Crippen LogP contribution in [0.15, 0.2) is 58.5 Å². The minimum atomic E-state index is -3.64. The number of fused-ring (bicyclic) bond motifs is 1. The van der Waals surface area contributed by atoms with Crippen molar-refractivity contribution in [2.24, 2.45) is 7.05 Å². The highest BCUT2D eigenvalue weighted by Crippen LogP contribution is 2.23. The van der Waals surface area contributed by atoms with Gasteiger partial charge in [0.1, 0.15) is 11.6 Å². The lowest BCUT2D eigenvalue weighted by Crippen LogP contribution is -2.30. The molecule has 1 N–H and O–H groups in total. The minimum Gasteiger partial charge on any atom is -0.309 e. The lowest BCUT2D eigenvalue weighted by atomic mass is 10.2. The Labute approximate surface area is 187 Å². The summed E-state index contributed by atoms with van der Waals surface area (Å²) < 4.78 is 40.7. The van der Waals surface area contributed by atoms with Crippen molar-refractivity contribution in [2.75, 3.05) is 10.6 Å². The number of halogens is 1. The molecule has 0 radical (unpaired) electrons. The third-order valence-electron chi connectivity index (χ3n) is 4.72. The van der Waals surface area contributed by atoms with E-state index in [1.54, 1.807) is 29.8 Å². The highest BCUT2D eigenvalue weighted by atomic mass is 32.2. The number of aromatic nitrogens is 5. The summed E-state index contributed by atoms with van der Waals surface area (Å²) in [4.78, 5) is 19.5. The monoisotopic (exact) mass is 474 g/mol. The Morgan fingerprint density at radius 2 is 1.84 bits per heavy atom. The first-order chi connectivity index (χ1) is 15.2. The van der Waals surface area contributed by atoms with Crippen molar-refractivity contribution in [1.29, 1.82) is 0 Å². The Morgan fingerprint density at radius 3 is 2.56 bits per heavy atom. The number of benzene rings is 2. The molecule has 166 valence electrons. The van der Waals surface area contributed by atoms with Gasteiger partial charge in [-0.2, -0.15) is 0 Å². The van der Waals surface area contributed by atoms with E-state index in [0.717, 1.165) is 10.6 Å². The molecule has 9 nitrogen and oxygen atoms in total. The van der Waals surface area contributed by atoms with E-state index < -0.39 is 15.8 Å². The number of anilines is 1. The quantitative estimate of drug-likeness (QED) is 0.409. The Balaban J connectivity index is 1.54. The summed E-state index contributed by atoms with van der Waals surface area (Å²) in [5.41, 5.74) is 0.714. The Kier molecular flexibility index (Phi) is 5.98. The predicted octanol–water partition coefficient (Wildman–Crippen LogP) is 2.45. The zero-order chi connectivity index (χ0) is 22.9. The van der Waals surface area contributed by atoms with Crippen LogP contribution in [0.2, 0.25) is 0 Å². The van der Waals surface area contributed by atoms with Crippen LogP contribution in [0.4, 0.5) is 10.1 Å². The number of hydrogen-bond donors (Lipinski definition) is 1. The second-order valence-corrected chi connectivity index (χ2v) is 9.87. The fourth-order valence-electron chi connectivity index (χ4n) is 3.08. The molecule has 4 aromatic rings. The van der Waals surface area contributed by atoms with E-state index in [0.29, 0.717) is 39.1 Å². The van der Waals surface area contributed by atoms with Crippen LogP contribution >= 0.6 is 11.8 Å². The number of nitrogens with zero attached hydrogens (tertiary/aromatic N) is 5. The van der Waals surface area contributed by atoms with Crippen molar-refractivity contribution < 1.29 is 12.8 Å². The molecule has 32 heavy (non-hydrogen) atoms. The molecule has 0 bridgehead atoms. The maximum Gasteiger partial charge on any atom is 0.258 e. The zero-order valence-electron chi connectivity index (χ0n) is 17.2. The summed E-state index contributed by atoms with van der Waals surface area (Å²) in [7, 11) is -1.92. The van der Waals surface area contributed by atoms with E-state index in [1.165, 1.54) is 36.0 Å². The molecule has 4 rings (SSSR count). The topological polar surface area (TPSA) is 114 Å². The van der Waals surface area contributed by atoms with Crippen LogP contribution < -0.4 is 9.86 Å². The molecule has 2 aromatic carbocycles. The van der Waals surface area contributed by atoms with E-state index in [4.69, 9.17) is 0 Å². The number of H-pyrrole nitrogens is 1. The molecule has 0 fully saturated rings. The van der Waals surface area contributed by atoms with E-state index in [9.17, 15) is 17.6 Å². The molecule has 2 aromatic heterocycles. The third-order valence-corrected chi connectivity index (χ3v) is 6.90. The van der Waals surface area contributed by atoms with E-state index >= 15 is 0 Å². The van der Waals surface area contributed by atoms with Crippen molar-refractivity contribution >= 4 is 38.4 Å². The smallest absolute Gasteiger partial charge is 0.258 e. The van der Waals surface area contributed by atoms with Gasteiger partial charge in [0.15, 0.2) is 11.0 Å². The molecular formula is C20H19FN6O3S2. The van der Waals surface area contributed by atoms with Crippen LogP contribution in [0.3, 0.4) is 0 Å². The maximum atomic E-state index is 13.3. The zero-order valence-corrected chi connectivity index (χ0v) is 18.8. The number of aromatic amines is 1. The number of rotatable bonds is 7. The lowest BCUT2D eigenvalue weighted by molar-refractivity contribution is 0.593. The van der Waals surface area contributed by atoms with Gasteiger partial charge in [0.2, 0.25) is 10.0 Å². The molecule has 0 aliphatic heterocycles. The Morgan fingerprint density at radius 1 is 1.12 bits per heavy atom. The number of nitrogens with one attached hydrogen (secondary N) is 1. The molecule has 12 heteroatoms. The van der Waals surface area contributed by atoms with Crippen molar-refractivity contribution in [1.82, 2.24) is 24.7 Å². The van der Waals surface area contributed by atoms with Crippen molar-refractivity contribution in [3.05, 3.63) is 76.4 Å². The second kappa shape index (κ2) is 8.71. The third kappa shape index (κ3) is 4.65. The summed E-state index contributed by atoms with van der Waals surface area (Å²) >= 11 is 1.31. The van der Waals surface area contributed by atoms with Crippen LogP contribution in [0.25, 0.3) is 10.9 Å². The first-order valence-electron chi connectivity index (χ1n) is 9.44. The van der Waals surface area contributed by atoms with Crippen LogP contribution in [0.1, 0.15) is 11.6 Å². The molecule has 0 unspecified atom stereocenters. The standard InChI is InChI=1S/C20H19FN6O3S2/c1-26-18(11-27(32(2,29)30)14-9-7-13(21)8-10-14)24-25-20(26)31-12-17-22-16-6-4-3-5-15(16)19(28)23-17/h3-10H,11-12H2,1-2H3,(H,22,23,28). The average Bonchev–Trinajstić information content (AvgIpc) is 3.10. The molecule has 2 heterocycles. The van der Waals surface area contributed by atoms with Gasteiger partial charge in [-0.1, -0.05) is 23.9 Å². The Hall–Kier alpha value is -3.25. The average molecular weight is 475 g/mol. The molecule has 0 saturated carbocycles. The normalized spacial score (nSPS) is 11.7. The van der Waals surface area contributed by atoms with Gasteiger partial charge in [-0.15, -0.1) is 10.2 Å². The van der Waals surface area contributed by atoms with Crippen LogP contribution in [0, 0.1) is 5.82 Å². The summed E-state index contributed by atoms with van der Waals surface area (Å²) in [6.07, 6.45) is 1.07. The number of hydrogen-bond acceptors (Lipinski definition) is 7. The van der Waals surface area contributed by atoms with Crippen molar-refractivity contribution in [3.8, 4) is 0 Å². The van der Waals surface area contributed by atoms with E-state index in [1.807, 2.05) is 6.07 Å². The second-order valence-electron chi connectivity index (χ2n) is 7.02. The number of thioether (sulfide) groups is 1.